The molecule has 2 N–H and O–H groups in total. The van der Waals surface area contributed by atoms with Crippen LogP contribution in [0.3, 0.4) is 0 Å². The lowest BCUT2D eigenvalue weighted by molar-refractivity contribution is 0.0849. The average Bonchev–Trinajstić information content (AvgIpc) is 2.90. The number of rotatable bonds is 2. The molecule has 0 spiro atoms. The number of fused-ring (bicyclic) bond motifs is 1. The van der Waals surface area contributed by atoms with Gasteiger partial charge in [0.1, 0.15) is 4.88 Å². The molecule has 110 valence electrons. The number of amides is 2. The van der Waals surface area contributed by atoms with Gasteiger partial charge in [-0.1, -0.05) is 48.0 Å². The summed E-state index contributed by atoms with van der Waals surface area (Å²) in [6.07, 6.45) is 0. The van der Waals surface area contributed by atoms with Crippen molar-refractivity contribution in [2.45, 2.75) is 0 Å². The predicted molar refractivity (Wildman–Crippen MR) is 88.2 cm³/mol. The summed E-state index contributed by atoms with van der Waals surface area (Å²) in [5.41, 5.74) is 5.23. The maximum atomic E-state index is 12.2. The Morgan fingerprint density at radius 2 is 1.50 bits per heavy atom. The van der Waals surface area contributed by atoms with Gasteiger partial charge >= 0.3 is 0 Å². The van der Waals surface area contributed by atoms with E-state index in [0.717, 1.165) is 10.1 Å². The van der Waals surface area contributed by atoms with Gasteiger partial charge in [0.2, 0.25) is 0 Å². The van der Waals surface area contributed by atoms with E-state index in [1.807, 2.05) is 30.3 Å². The van der Waals surface area contributed by atoms with Crippen LogP contribution >= 0.6 is 22.9 Å². The first-order chi connectivity index (χ1) is 10.7. The minimum atomic E-state index is -0.435. The summed E-state index contributed by atoms with van der Waals surface area (Å²) >= 11 is 7.51. The maximum Gasteiger partial charge on any atom is 0.281 e. The first-order valence-corrected chi connectivity index (χ1v) is 7.69. The third kappa shape index (κ3) is 2.81. The van der Waals surface area contributed by atoms with Crippen LogP contribution in [0.15, 0.2) is 54.6 Å². The Hall–Kier alpha value is -2.37. The third-order valence-electron chi connectivity index (χ3n) is 3.07. The van der Waals surface area contributed by atoms with E-state index in [4.69, 9.17) is 11.6 Å². The largest absolute Gasteiger partial charge is 0.281 e. The molecular formula is C16H11ClN2O2S. The summed E-state index contributed by atoms with van der Waals surface area (Å²) in [7, 11) is 0. The number of carbonyl (C=O) groups excluding carboxylic acids is 2. The molecule has 0 saturated carbocycles. The highest BCUT2D eigenvalue weighted by Crippen LogP contribution is 2.34. The van der Waals surface area contributed by atoms with Gasteiger partial charge in [-0.05, 0) is 18.2 Å². The molecule has 2 aromatic carbocycles. The minimum absolute atomic E-state index is 0.372. The molecule has 0 bridgehead atoms. The molecule has 0 atom stereocenters. The zero-order chi connectivity index (χ0) is 15.5. The molecule has 0 saturated heterocycles. The van der Waals surface area contributed by atoms with Crippen LogP contribution in [0.1, 0.15) is 20.0 Å². The second-order valence-corrected chi connectivity index (χ2v) is 5.95. The normalized spacial score (nSPS) is 10.4. The Morgan fingerprint density at radius 3 is 2.23 bits per heavy atom. The monoisotopic (exact) mass is 330 g/mol. The van der Waals surface area contributed by atoms with Crippen LogP contribution in [0, 0.1) is 0 Å². The highest BCUT2D eigenvalue weighted by molar-refractivity contribution is 7.21. The van der Waals surface area contributed by atoms with Crippen molar-refractivity contribution in [2.75, 3.05) is 0 Å². The van der Waals surface area contributed by atoms with Crippen LogP contribution in [-0.2, 0) is 0 Å². The van der Waals surface area contributed by atoms with Gasteiger partial charge < -0.3 is 0 Å². The number of hydrazine groups is 1. The lowest BCUT2D eigenvalue weighted by Gasteiger charge is -2.06. The molecule has 0 fully saturated rings. The number of carbonyl (C=O) groups is 2. The molecule has 0 radical (unpaired) electrons. The lowest BCUT2D eigenvalue weighted by atomic mass is 10.2. The van der Waals surface area contributed by atoms with Crippen LogP contribution < -0.4 is 10.9 Å². The molecular weight excluding hydrogens is 320 g/mol. The van der Waals surface area contributed by atoms with E-state index >= 15 is 0 Å². The molecule has 4 nitrogen and oxygen atoms in total. The molecule has 3 aromatic rings. The second-order valence-electron chi connectivity index (χ2n) is 4.52. The fraction of sp³-hybridized carbons (Fsp3) is 0. The molecule has 2 amide bonds. The molecule has 1 heterocycles. The van der Waals surface area contributed by atoms with Crippen molar-refractivity contribution >= 4 is 44.8 Å². The summed E-state index contributed by atoms with van der Waals surface area (Å²) in [6.45, 7) is 0. The van der Waals surface area contributed by atoms with Crippen molar-refractivity contribution in [3.8, 4) is 0 Å². The Balaban J connectivity index is 1.74. The van der Waals surface area contributed by atoms with Gasteiger partial charge in [-0.2, -0.15) is 0 Å². The summed E-state index contributed by atoms with van der Waals surface area (Å²) in [4.78, 5) is 24.4. The molecule has 0 aliphatic carbocycles. The summed E-state index contributed by atoms with van der Waals surface area (Å²) in [5, 5.41) is 1.22. The fourth-order valence-electron chi connectivity index (χ4n) is 1.99. The fourth-order valence-corrected chi connectivity index (χ4v) is 3.40. The molecule has 0 unspecified atom stereocenters. The van der Waals surface area contributed by atoms with E-state index in [0.29, 0.717) is 15.5 Å². The van der Waals surface area contributed by atoms with Gasteiger partial charge in [-0.15, -0.1) is 11.3 Å². The van der Waals surface area contributed by atoms with Crippen molar-refractivity contribution in [1.82, 2.24) is 10.9 Å². The predicted octanol–water partition coefficient (Wildman–Crippen LogP) is 3.63. The van der Waals surface area contributed by atoms with Gasteiger partial charge in [0.25, 0.3) is 11.8 Å². The molecule has 0 aliphatic heterocycles. The highest BCUT2D eigenvalue weighted by atomic mass is 35.5. The quantitative estimate of drug-likeness (QED) is 0.705. The number of thiophene rings is 1. The van der Waals surface area contributed by atoms with E-state index in [9.17, 15) is 9.59 Å². The van der Waals surface area contributed by atoms with Gasteiger partial charge in [0, 0.05) is 15.6 Å². The Bertz CT molecular complexity index is 846. The third-order valence-corrected chi connectivity index (χ3v) is 4.74. The van der Waals surface area contributed by atoms with Gasteiger partial charge in [0.05, 0.1) is 5.02 Å². The smallest absolute Gasteiger partial charge is 0.267 e. The number of nitrogens with one attached hydrogen (secondary N) is 2. The van der Waals surface area contributed by atoms with Crippen molar-refractivity contribution in [3.63, 3.8) is 0 Å². The first-order valence-electron chi connectivity index (χ1n) is 6.49. The van der Waals surface area contributed by atoms with Crippen molar-refractivity contribution in [3.05, 3.63) is 70.1 Å². The van der Waals surface area contributed by atoms with Gasteiger partial charge in [-0.25, -0.2) is 0 Å². The Labute approximate surface area is 135 Å². The van der Waals surface area contributed by atoms with Gasteiger partial charge in [-0.3, -0.25) is 20.4 Å². The number of hydrogen-bond donors (Lipinski definition) is 2. The molecule has 22 heavy (non-hydrogen) atoms. The zero-order valence-electron chi connectivity index (χ0n) is 11.3. The van der Waals surface area contributed by atoms with E-state index in [1.54, 1.807) is 24.3 Å². The van der Waals surface area contributed by atoms with Gasteiger partial charge in [0.15, 0.2) is 0 Å². The number of benzene rings is 2. The van der Waals surface area contributed by atoms with Crippen molar-refractivity contribution in [1.29, 1.82) is 0 Å². The van der Waals surface area contributed by atoms with E-state index < -0.39 is 5.91 Å². The maximum absolute atomic E-state index is 12.2. The average molecular weight is 331 g/mol. The molecule has 1 aromatic heterocycles. The number of halogens is 1. The van der Waals surface area contributed by atoms with Crippen molar-refractivity contribution < 1.29 is 9.59 Å². The lowest BCUT2D eigenvalue weighted by Crippen LogP contribution is -2.41. The standard InChI is InChI=1S/C16H11ClN2O2S/c17-13-11-8-4-5-9-12(11)22-14(13)16(21)19-18-15(20)10-6-2-1-3-7-10/h1-9H,(H,18,20)(H,19,21). The van der Waals surface area contributed by atoms with E-state index in [-0.39, 0.29) is 5.91 Å². The highest BCUT2D eigenvalue weighted by Gasteiger charge is 2.17. The first kappa shape index (κ1) is 14.6. The molecule has 3 rings (SSSR count). The summed E-state index contributed by atoms with van der Waals surface area (Å²) < 4.78 is 0.923. The summed E-state index contributed by atoms with van der Waals surface area (Å²) in [5.74, 6) is -0.818. The van der Waals surface area contributed by atoms with Crippen LogP contribution in [0.5, 0.6) is 0 Å². The molecule has 6 heteroatoms. The van der Waals surface area contributed by atoms with E-state index in [2.05, 4.69) is 10.9 Å². The molecule has 0 aliphatic rings. The van der Waals surface area contributed by atoms with Crippen molar-refractivity contribution in [2.24, 2.45) is 0 Å². The SMILES string of the molecule is O=C(NNC(=O)c1sc2ccccc2c1Cl)c1ccccc1. The zero-order valence-corrected chi connectivity index (χ0v) is 12.9. The van der Waals surface area contributed by atoms with Crippen LogP contribution in [0.4, 0.5) is 0 Å². The minimum Gasteiger partial charge on any atom is -0.267 e. The van der Waals surface area contributed by atoms with E-state index in [1.165, 1.54) is 11.3 Å². The second kappa shape index (κ2) is 6.17. The Kier molecular flexibility index (Phi) is 4.09. The topological polar surface area (TPSA) is 58.2 Å². The van der Waals surface area contributed by atoms with Crippen LogP contribution in [0.25, 0.3) is 10.1 Å². The van der Waals surface area contributed by atoms with Crippen LogP contribution in [0.2, 0.25) is 5.02 Å². The number of hydrogen-bond acceptors (Lipinski definition) is 3. The summed E-state index contributed by atoms with van der Waals surface area (Å²) in [6, 6.07) is 16.1. The Morgan fingerprint density at radius 1 is 0.864 bits per heavy atom. The van der Waals surface area contributed by atoms with Crippen LogP contribution in [-0.4, -0.2) is 11.8 Å².